The van der Waals surface area contributed by atoms with Crippen LogP contribution in [0.4, 0.5) is 10.5 Å². The molecule has 0 atom stereocenters. The van der Waals surface area contributed by atoms with Crippen LogP contribution in [0.2, 0.25) is 10.0 Å². The molecule has 1 fully saturated rings. The molecule has 2 heterocycles. The van der Waals surface area contributed by atoms with Crippen LogP contribution in [0, 0.1) is 0 Å². The predicted octanol–water partition coefficient (Wildman–Crippen LogP) is 4.09. The van der Waals surface area contributed by atoms with Gasteiger partial charge in [-0.15, -0.1) is 11.3 Å². The lowest BCUT2D eigenvalue weighted by Crippen LogP contribution is -2.51. The molecule has 1 N–H and O–H groups in total. The number of halogens is 2. The average molecular weight is 398 g/mol. The first kappa shape index (κ1) is 18.2. The number of nitrogens with zero attached hydrogens (tertiary/aromatic N) is 2. The third kappa shape index (κ3) is 4.73. The van der Waals surface area contributed by atoms with E-state index in [-0.39, 0.29) is 11.8 Å². The summed E-state index contributed by atoms with van der Waals surface area (Å²) < 4.78 is 0. The minimum absolute atomic E-state index is 0.128. The highest BCUT2D eigenvalue weighted by Gasteiger charge is 2.23. The van der Waals surface area contributed by atoms with Crippen molar-refractivity contribution in [2.24, 2.45) is 0 Å². The number of amides is 2. The first-order valence-corrected chi connectivity index (χ1v) is 9.46. The lowest BCUT2D eigenvalue weighted by molar-refractivity contribution is 0.0887. The van der Waals surface area contributed by atoms with E-state index in [1.165, 1.54) is 11.3 Å². The molecule has 2 amide bonds. The second-order valence-corrected chi connectivity index (χ2v) is 7.48. The van der Waals surface area contributed by atoms with Gasteiger partial charge in [0.15, 0.2) is 5.78 Å². The fourth-order valence-corrected chi connectivity index (χ4v) is 3.56. The van der Waals surface area contributed by atoms with Crippen molar-refractivity contribution in [1.29, 1.82) is 0 Å². The number of anilines is 1. The maximum absolute atomic E-state index is 12.3. The second-order valence-electron chi connectivity index (χ2n) is 5.72. The van der Waals surface area contributed by atoms with E-state index in [1.807, 2.05) is 17.5 Å². The van der Waals surface area contributed by atoms with Crippen molar-refractivity contribution in [3.05, 3.63) is 50.6 Å². The first-order valence-electron chi connectivity index (χ1n) is 7.83. The smallest absolute Gasteiger partial charge is 0.321 e. The molecule has 0 saturated carbocycles. The Kier molecular flexibility index (Phi) is 5.96. The molecule has 2 aromatic rings. The molecule has 132 valence electrons. The highest BCUT2D eigenvalue weighted by Crippen LogP contribution is 2.25. The lowest BCUT2D eigenvalue weighted by atomic mass is 10.2. The molecular weight excluding hydrogens is 381 g/mol. The van der Waals surface area contributed by atoms with Crippen LogP contribution in [0.5, 0.6) is 0 Å². The van der Waals surface area contributed by atoms with Crippen LogP contribution >= 0.6 is 34.5 Å². The zero-order valence-corrected chi connectivity index (χ0v) is 15.7. The summed E-state index contributed by atoms with van der Waals surface area (Å²) in [7, 11) is 0. The number of carbonyl (C=O) groups is 2. The van der Waals surface area contributed by atoms with E-state index in [0.717, 1.165) is 4.88 Å². The van der Waals surface area contributed by atoms with Crippen LogP contribution in [0.3, 0.4) is 0 Å². The van der Waals surface area contributed by atoms with E-state index in [0.29, 0.717) is 48.5 Å². The minimum atomic E-state index is -0.178. The molecule has 0 unspecified atom stereocenters. The van der Waals surface area contributed by atoms with Gasteiger partial charge < -0.3 is 10.2 Å². The quantitative estimate of drug-likeness (QED) is 0.790. The van der Waals surface area contributed by atoms with E-state index >= 15 is 0 Å². The van der Waals surface area contributed by atoms with Gasteiger partial charge in [0, 0.05) is 31.9 Å². The molecule has 0 aliphatic carbocycles. The Bertz CT molecular complexity index is 759. The van der Waals surface area contributed by atoms with Crippen molar-refractivity contribution in [2.75, 3.05) is 38.0 Å². The number of rotatable bonds is 4. The number of nitrogens with one attached hydrogen (secondary N) is 1. The molecule has 25 heavy (non-hydrogen) atoms. The number of ketones is 1. The molecular formula is C17H17Cl2N3O2S. The van der Waals surface area contributed by atoms with Crippen LogP contribution in [0.25, 0.3) is 0 Å². The van der Waals surface area contributed by atoms with Gasteiger partial charge in [-0.2, -0.15) is 0 Å². The Morgan fingerprint density at radius 3 is 2.48 bits per heavy atom. The predicted molar refractivity (Wildman–Crippen MR) is 102 cm³/mol. The number of thiophene rings is 1. The highest BCUT2D eigenvalue weighted by atomic mass is 35.5. The second kappa shape index (κ2) is 8.19. The van der Waals surface area contributed by atoms with Crippen LogP contribution < -0.4 is 5.32 Å². The molecule has 3 rings (SSSR count). The fourth-order valence-electron chi connectivity index (χ4n) is 2.60. The Balaban J connectivity index is 1.49. The van der Waals surface area contributed by atoms with Gasteiger partial charge in [0.2, 0.25) is 0 Å². The molecule has 1 aliphatic rings. The Hall–Kier alpha value is -1.60. The van der Waals surface area contributed by atoms with E-state index in [9.17, 15) is 9.59 Å². The normalized spacial score (nSPS) is 15.2. The topological polar surface area (TPSA) is 52.7 Å². The number of hydrogen-bond acceptors (Lipinski definition) is 4. The van der Waals surface area contributed by atoms with Crippen LogP contribution in [-0.2, 0) is 0 Å². The van der Waals surface area contributed by atoms with E-state index in [1.54, 1.807) is 23.1 Å². The van der Waals surface area contributed by atoms with Crippen molar-refractivity contribution >= 4 is 52.0 Å². The van der Waals surface area contributed by atoms with Gasteiger partial charge in [-0.05, 0) is 29.6 Å². The molecule has 0 radical (unpaired) electrons. The van der Waals surface area contributed by atoms with Gasteiger partial charge in [0.05, 0.1) is 21.5 Å². The monoisotopic (exact) mass is 397 g/mol. The molecule has 8 heteroatoms. The SMILES string of the molecule is O=C(CN1CCN(C(=O)Nc2ccc(Cl)c(Cl)c2)CC1)c1cccs1. The number of piperazine rings is 1. The summed E-state index contributed by atoms with van der Waals surface area (Å²) in [4.78, 5) is 29.1. The van der Waals surface area contributed by atoms with Crippen molar-refractivity contribution in [3.63, 3.8) is 0 Å². The molecule has 1 aliphatic heterocycles. The fraction of sp³-hybridized carbons (Fsp3) is 0.294. The number of carbonyl (C=O) groups excluding carboxylic acids is 2. The summed E-state index contributed by atoms with van der Waals surface area (Å²) in [5, 5.41) is 5.57. The van der Waals surface area contributed by atoms with Gasteiger partial charge in [-0.25, -0.2) is 4.79 Å². The number of Topliss-reactive ketones (excluding diaryl/α,β-unsaturated/α-hetero) is 1. The standard InChI is InChI=1S/C17H17Cl2N3O2S/c18-13-4-3-12(10-14(13)19)20-17(24)22-7-5-21(6-8-22)11-15(23)16-2-1-9-25-16/h1-4,9-10H,5-8,11H2,(H,20,24). The lowest BCUT2D eigenvalue weighted by Gasteiger charge is -2.34. The van der Waals surface area contributed by atoms with Gasteiger partial charge in [-0.3, -0.25) is 9.69 Å². The molecule has 5 nitrogen and oxygen atoms in total. The first-order chi connectivity index (χ1) is 12.0. The van der Waals surface area contributed by atoms with Gasteiger partial charge in [0.25, 0.3) is 0 Å². The van der Waals surface area contributed by atoms with Crippen molar-refractivity contribution in [3.8, 4) is 0 Å². The number of urea groups is 1. The van der Waals surface area contributed by atoms with E-state index in [2.05, 4.69) is 10.2 Å². The van der Waals surface area contributed by atoms with Crippen LogP contribution in [-0.4, -0.2) is 54.3 Å². The Morgan fingerprint density at radius 1 is 1.08 bits per heavy atom. The summed E-state index contributed by atoms with van der Waals surface area (Å²) in [6, 6.07) is 8.52. The van der Waals surface area contributed by atoms with Crippen LogP contribution in [0.1, 0.15) is 9.67 Å². The maximum atomic E-state index is 12.3. The highest BCUT2D eigenvalue weighted by molar-refractivity contribution is 7.12. The van der Waals surface area contributed by atoms with Crippen molar-refractivity contribution in [2.45, 2.75) is 0 Å². The summed E-state index contributed by atoms with van der Waals surface area (Å²) >= 11 is 13.3. The largest absolute Gasteiger partial charge is 0.322 e. The molecule has 1 aromatic heterocycles. The minimum Gasteiger partial charge on any atom is -0.322 e. The number of hydrogen-bond donors (Lipinski definition) is 1. The Labute approximate surface area is 160 Å². The third-order valence-electron chi connectivity index (χ3n) is 3.99. The average Bonchev–Trinajstić information content (AvgIpc) is 3.13. The van der Waals surface area contributed by atoms with Crippen molar-refractivity contribution < 1.29 is 9.59 Å². The third-order valence-corrected chi connectivity index (χ3v) is 5.64. The van der Waals surface area contributed by atoms with E-state index in [4.69, 9.17) is 23.2 Å². The zero-order valence-electron chi connectivity index (χ0n) is 13.4. The zero-order chi connectivity index (χ0) is 17.8. The van der Waals surface area contributed by atoms with Crippen molar-refractivity contribution in [1.82, 2.24) is 9.80 Å². The number of benzene rings is 1. The summed E-state index contributed by atoms with van der Waals surface area (Å²) in [5.74, 6) is 0.128. The van der Waals surface area contributed by atoms with Gasteiger partial charge in [-0.1, -0.05) is 29.3 Å². The summed E-state index contributed by atoms with van der Waals surface area (Å²) in [5.41, 5.74) is 0.606. The van der Waals surface area contributed by atoms with Gasteiger partial charge in [0.1, 0.15) is 0 Å². The summed E-state index contributed by atoms with van der Waals surface area (Å²) in [6.07, 6.45) is 0. The molecule has 1 aromatic carbocycles. The van der Waals surface area contributed by atoms with Crippen LogP contribution in [0.15, 0.2) is 35.7 Å². The van der Waals surface area contributed by atoms with Gasteiger partial charge >= 0.3 is 6.03 Å². The summed E-state index contributed by atoms with van der Waals surface area (Å²) in [6.45, 7) is 2.89. The molecule has 1 saturated heterocycles. The molecule has 0 spiro atoms. The van der Waals surface area contributed by atoms with E-state index < -0.39 is 0 Å². The Morgan fingerprint density at radius 2 is 1.84 bits per heavy atom. The maximum Gasteiger partial charge on any atom is 0.321 e. The molecule has 0 bridgehead atoms.